The molecule has 2 fully saturated rings. The van der Waals surface area contributed by atoms with Crippen molar-refractivity contribution in [2.75, 3.05) is 32.8 Å². The van der Waals surface area contributed by atoms with Gasteiger partial charge in [0, 0.05) is 25.2 Å². The van der Waals surface area contributed by atoms with Crippen molar-refractivity contribution in [2.24, 2.45) is 0 Å². The largest absolute Gasteiger partial charge is 0.378 e. The number of nitrogens with zero attached hydrogens (tertiary/aromatic N) is 2. The summed E-state index contributed by atoms with van der Waals surface area (Å²) in [6, 6.07) is 7.25. The molecule has 2 aliphatic heterocycles. The Morgan fingerprint density at radius 2 is 1.86 bits per heavy atom. The highest BCUT2D eigenvalue weighted by Crippen LogP contribution is 2.23. The molecular formula is C17H22N2O3. The van der Waals surface area contributed by atoms with Gasteiger partial charge in [0.05, 0.1) is 13.2 Å². The first-order chi connectivity index (χ1) is 10.7. The molecule has 3 rings (SSSR count). The average Bonchev–Trinajstić information content (AvgIpc) is 3.04. The van der Waals surface area contributed by atoms with E-state index in [9.17, 15) is 9.59 Å². The molecule has 2 heterocycles. The van der Waals surface area contributed by atoms with Gasteiger partial charge in [-0.2, -0.15) is 0 Å². The van der Waals surface area contributed by atoms with Crippen LogP contribution in [0.5, 0.6) is 0 Å². The molecule has 0 saturated carbocycles. The van der Waals surface area contributed by atoms with Gasteiger partial charge in [0.1, 0.15) is 6.04 Å². The van der Waals surface area contributed by atoms with Crippen LogP contribution in [0.2, 0.25) is 0 Å². The monoisotopic (exact) mass is 302 g/mol. The standard InChI is InChI=1S/C17H22N2O3/c1-13-5-2-3-6-14(13)16(20)19-8-4-7-15(19)17(21)18-9-11-22-12-10-18/h2-3,5-6,15H,4,7-12H2,1H3/t15-/m0/s1. The Hall–Kier alpha value is -1.88. The molecule has 0 unspecified atom stereocenters. The van der Waals surface area contributed by atoms with E-state index in [0.717, 1.165) is 18.4 Å². The molecule has 22 heavy (non-hydrogen) atoms. The molecular weight excluding hydrogens is 280 g/mol. The molecule has 2 amide bonds. The van der Waals surface area contributed by atoms with E-state index in [4.69, 9.17) is 4.74 Å². The van der Waals surface area contributed by atoms with Crippen LogP contribution in [-0.4, -0.2) is 60.5 Å². The molecule has 0 aliphatic carbocycles. The van der Waals surface area contributed by atoms with Crippen LogP contribution in [0.15, 0.2) is 24.3 Å². The summed E-state index contributed by atoms with van der Waals surface area (Å²) in [4.78, 5) is 29.1. The normalized spacial score (nSPS) is 22.0. The molecule has 2 aliphatic rings. The molecule has 0 radical (unpaired) electrons. The van der Waals surface area contributed by atoms with E-state index in [1.165, 1.54) is 0 Å². The summed E-state index contributed by atoms with van der Waals surface area (Å²) in [6.07, 6.45) is 1.65. The Bertz CT molecular complexity index is 567. The Morgan fingerprint density at radius 1 is 1.14 bits per heavy atom. The Kier molecular flexibility index (Phi) is 4.43. The van der Waals surface area contributed by atoms with E-state index >= 15 is 0 Å². The van der Waals surface area contributed by atoms with E-state index in [1.807, 2.05) is 36.1 Å². The summed E-state index contributed by atoms with van der Waals surface area (Å²) in [6.45, 7) is 5.02. The molecule has 0 N–H and O–H groups in total. The van der Waals surface area contributed by atoms with Crippen molar-refractivity contribution < 1.29 is 14.3 Å². The maximum absolute atomic E-state index is 12.8. The smallest absolute Gasteiger partial charge is 0.254 e. The van der Waals surface area contributed by atoms with E-state index < -0.39 is 0 Å². The fourth-order valence-corrected chi connectivity index (χ4v) is 3.23. The van der Waals surface area contributed by atoms with Crippen LogP contribution >= 0.6 is 0 Å². The predicted octanol–water partition coefficient (Wildman–Crippen LogP) is 1.46. The van der Waals surface area contributed by atoms with Crippen LogP contribution in [0.3, 0.4) is 0 Å². The number of ether oxygens (including phenoxy) is 1. The molecule has 1 aromatic carbocycles. The molecule has 0 spiro atoms. The summed E-state index contributed by atoms with van der Waals surface area (Å²) in [5.74, 6) is 0.0462. The minimum absolute atomic E-state index is 0.0257. The van der Waals surface area contributed by atoms with Gasteiger partial charge in [-0.1, -0.05) is 18.2 Å². The lowest BCUT2D eigenvalue weighted by atomic mass is 10.1. The lowest BCUT2D eigenvalue weighted by Gasteiger charge is -2.32. The molecule has 0 bridgehead atoms. The topological polar surface area (TPSA) is 49.9 Å². The number of benzene rings is 1. The van der Waals surface area contributed by atoms with Crippen molar-refractivity contribution in [2.45, 2.75) is 25.8 Å². The third kappa shape index (κ3) is 2.86. The zero-order valence-electron chi connectivity index (χ0n) is 13.0. The van der Waals surface area contributed by atoms with E-state index in [-0.39, 0.29) is 17.9 Å². The highest BCUT2D eigenvalue weighted by Gasteiger charge is 2.37. The SMILES string of the molecule is Cc1ccccc1C(=O)N1CCC[C@H]1C(=O)N1CCOCC1. The van der Waals surface area contributed by atoms with E-state index in [0.29, 0.717) is 38.4 Å². The molecule has 5 heteroatoms. The maximum Gasteiger partial charge on any atom is 0.254 e. The van der Waals surface area contributed by atoms with Crippen molar-refractivity contribution in [1.29, 1.82) is 0 Å². The van der Waals surface area contributed by atoms with Gasteiger partial charge in [-0.3, -0.25) is 9.59 Å². The van der Waals surface area contributed by atoms with Crippen molar-refractivity contribution >= 4 is 11.8 Å². The number of likely N-dealkylation sites (tertiary alicyclic amines) is 1. The van der Waals surface area contributed by atoms with Crippen molar-refractivity contribution in [3.8, 4) is 0 Å². The second kappa shape index (κ2) is 6.48. The maximum atomic E-state index is 12.8. The second-order valence-electron chi connectivity index (χ2n) is 5.91. The number of rotatable bonds is 2. The Balaban J connectivity index is 1.76. The van der Waals surface area contributed by atoms with Crippen molar-refractivity contribution in [3.05, 3.63) is 35.4 Å². The van der Waals surface area contributed by atoms with Crippen LogP contribution in [0.1, 0.15) is 28.8 Å². The molecule has 0 aromatic heterocycles. The van der Waals surface area contributed by atoms with Gasteiger partial charge in [0.25, 0.3) is 5.91 Å². The van der Waals surface area contributed by atoms with E-state index in [1.54, 1.807) is 4.90 Å². The quantitative estimate of drug-likeness (QED) is 0.831. The van der Waals surface area contributed by atoms with Crippen molar-refractivity contribution in [1.82, 2.24) is 9.80 Å². The van der Waals surface area contributed by atoms with Crippen LogP contribution in [0.25, 0.3) is 0 Å². The lowest BCUT2D eigenvalue weighted by molar-refractivity contribution is -0.139. The summed E-state index contributed by atoms with van der Waals surface area (Å²) in [5.41, 5.74) is 1.65. The van der Waals surface area contributed by atoms with Crippen LogP contribution in [0, 0.1) is 6.92 Å². The van der Waals surface area contributed by atoms with Gasteiger partial charge in [-0.25, -0.2) is 0 Å². The third-order valence-corrected chi connectivity index (χ3v) is 4.50. The fourth-order valence-electron chi connectivity index (χ4n) is 3.23. The Labute approximate surface area is 130 Å². The van der Waals surface area contributed by atoms with Gasteiger partial charge in [0.15, 0.2) is 0 Å². The number of aryl methyl sites for hydroxylation is 1. The number of carbonyl (C=O) groups excluding carboxylic acids is 2. The number of amides is 2. The number of hydrogen-bond donors (Lipinski definition) is 0. The first-order valence-electron chi connectivity index (χ1n) is 7.91. The predicted molar refractivity (Wildman–Crippen MR) is 82.6 cm³/mol. The number of hydrogen-bond acceptors (Lipinski definition) is 3. The molecule has 5 nitrogen and oxygen atoms in total. The average molecular weight is 302 g/mol. The number of morpholine rings is 1. The van der Waals surface area contributed by atoms with Crippen molar-refractivity contribution in [3.63, 3.8) is 0 Å². The van der Waals surface area contributed by atoms with Gasteiger partial charge in [-0.15, -0.1) is 0 Å². The molecule has 118 valence electrons. The second-order valence-corrected chi connectivity index (χ2v) is 5.91. The lowest BCUT2D eigenvalue weighted by Crippen LogP contribution is -2.51. The summed E-state index contributed by atoms with van der Waals surface area (Å²) < 4.78 is 5.30. The minimum atomic E-state index is -0.315. The summed E-state index contributed by atoms with van der Waals surface area (Å²) >= 11 is 0. The summed E-state index contributed by atoms with van der Waals surface area (Å²) in [7, 11) is 0. The van der Waals surface area contributed by atoms with Gasteiger partial charge < -0.3 is 14.5 Å². The molecule has 1 atom stereocenters. The van der Waals surface area contributed by atoms with Crippen LogP contribution in [-0.2, 0) is 9.53 Å². The zero-order valence-corrected chi connectivity index (χ0v) is 13.0. The zero-order chi connectivity index (χ0) is 15.5. The molecule has 2 saturated heterocycles. The fraction of sp³-hybridized carbons (Fsp3) is 0.529. The summed E-state index contributed by atoms with van der Waals surface area (Å²) in [5, 5.41) is 0. The first kappa shape index (κ1) is 15.0. The highest BCUT2D eigenvalue weighted by molar-refractivity contribution is 5.99. The number of carbonyl (C=O) groups is 2. The minimum Gasteiger partial charge on any atom is -0.378 e. The van der Waals surface area contributed by atoms with Gasteiger partial charge in [-0.05, 0) is 31.4 Å². The molecule has 1 aromatic rings. The van der Waals surface area contributed by atoms with Crippen LogP contribution < -0.4 is 0 Å². The van der Waals surface area contributed by atoms with Crippen LogP contribution in [0.4, 0.5) is 0 Å². The highest BCUT2D eigenvalue weighted by atomic mass is 16.5. The van der Waals surface area contributed by atoms with Gasteiger partial charge in [0.2, 0.25) is 5.91 Å². The first-order valence-corrected chi connectivity index (χ1v) is 7.91. The van der Waals surface area contributed by atoms with E-state index in [2.05, 4.69) is 0 Å². The Morgan fingerprint density at radius 3 is 2.59 bits per heavy atom. The van der Waals surface area contributed by atoms with Gasteiger partial charge >= 0.3 is 0 Å². The third-order valence-electron chi connectivity index (χ3n) is 4.50.